The van der Waals surface area contributed by atoms with Crippen LogP contribution in [-0.2, 0) is 6.61 Å². The standard InChI is InChI=1S/C28H22BrFN2O/c1-19-15-22(16-23(17-31)27-5-3-4-6-28(27)30)20(2)32(19)25-11-13-26(14-12-25)33-18-21-7-9-24(29)10-8-21/h3-16H,18H2,1-2H3/b23-16-. The van der Waals surface area contributed by atoms with Gasteiger partial charge in [-0.3, -0.25) is 0 Å². The summed E-state index contributed by atoms with van der Waals surface area (Å²) in [5, 5.41) is 9.62. The van der Waals surface area contributed by atoms with E-state index in [4.69, 9.17) is 4.74 Å². The summed E-state index contributed by atoms with van der Waals surface area (Å²) in [7, 11) is 0. The fourth-order valence-electron chi connectivity index (χ4n) is 3.78. The summed E-state index contributed by atoms with van der Waals surface area (Å²) in [6.45, 7) is 4.50. The Morgan fingerprint density at radius 1 is 1.03 bits per heavy atom. The summed E-state index contributed by atoms with van der Waals surface area (Å²) in [6, 6.07) is 26.4. The van der Waals surface area contributed by atoms with Crippen molar-refractivity contribution >= 4 is 27.6 Å². The minimum Gasteiger partial charge on any atom is -0.489 e. The van der Waals surface area contributed by atoms with E-state index in [1.807, 2.05) is 68.4 Å². The number of nitrogens with zero attached hydrogens (tertiary/aromatic N) is 2. The lowest BCUT2D eigenvalue weighted by Crippen LogP contribution is -2.00. The molecule has 0 aliphatic heterocycles. The fraction of sp³-hybridized carbons (Fsp3) is 0.107. The molecule has 3 nitrogen and oxygen atoms in total. The Morgan fingerprint density at radius 2 is 1.73 bits per heavy atom. The second kappa shape index (κ2) is 9.89. The number of aromatic nitrogens is 1. The maximum Gasteiger partial charge on any atom is 0.131 e. The monoisotopic (exact) mass is 500 g/mol. The van der Waals surface area contributed by atoms with Crippen molar-refractivity contribution in [2.24, 2.45) is 0 Å². The average Bonchev–Trinajstić information content (AvgIpc) is 3.10. The van der Waals surface area contributed by atoms with E-state index in [-0.39, 0.29) is 0 Å². The van der Waals surface area contributed by atoms with Crippen molar-refractivity contribution in [1.29, 1.82) is 5.26 Å². The highest BCUT2D eigenvalue weighted by atomic mass is 79.9. The largest absolute Gasteiger partial charge is 0.489 e. The molecule has 5 heteroatoms. The van der Waals surface area contributed by atoms with Crippen LogP contribution in [0, 0.1) is 31.0 Å². The van der Waals surface area contributed by atoms with E-state index in [0.29, 0.717) is 17.7 Å². The number of hydrogen-bond donors (Lipinski definition) is 0. The van der Waals surface area contributed by atoms with Gasteiger partial charge in [-0.2, -0.15) is 5.26 Å². The van der Waals surface area contributed by atoms with E-state index in [1.165, 1.54) is 6.07 Å². The molecule has 0 atom stereocenters. The van der Waals surface area contributed by atoms with E-state index >= 15 is 0 Å². The number of rotatable bonds is 6. The maximum atomic E-state index is 14.2. The molecule has 164 valence electrons. The lowest BCUT2D eigenvalue weighted by atomic mass is 10.0. The second-order valence-electron chi connectivity index (χ2n) is 7.72. The maximum absolute atomic E-state index is 14.2. The molecule has 4 rings (SSSR count). The lowest BCUT2D eigenvalue weighted by Gasteiger charge is -2.12. The van der Waals surface area contributed by atoms with Crippen LogP contribution in [0.2, 0.25) is 0 Å². The molecule has 0 amide bonds. The Hall–Kier alpha value is -3.62. The summed E-state index contributed by atoms with van der Waals surface area (Å²) >= 11 is 3.44. The van der Waals surface area contributed by atoms with Gasteiger partial charge in [0.2, 0.25) is 0 Å². The third-order valence-electron chi connectivity index (χ3n) is 5.47. The van der Waals surface area contributed by atoms with Gasteiger partial charge in [-0.1, -0.05) is 46.3 Å². The number of nitriles is 1. The Morgan fingerprint density at radius 3 is 2.39 bits per heavy atom. The van der Waals surface area contributed by atoms with E-state index < -0.39 is 5.82 Å². The van der Waals surface area contributed by atoms with Crippen LogP contribution in [0.4, 0.5) is 4.39 Å². The third-order valence-corrected chi connectivity index (χ3v) is 6.00. The average molecular weight is 501 g/mol. The van der Waals surface area contributed by atoms with Crippen molar-refractivity contribution in [3.8, 4) is 17.5 Å². The molecule has 1 heterocycles. The number of halogens is 2. The van der Waals surface area contributed by atoms with Crippen molar-refractivity contribution in [3.63, 3.8) is 0 Å². The highest BCUT2D eigenvalue weighted by Gasteiger charge is 2.13. The van der Waals surface area contributed by atoms with Gasteiger partial charge in [0, 0.05) is 27.1 Å². The second-order valence-corrected chi connectivity index (χ2v) is 8.64. The van der Waals surface area contributed by atoms with Crippen LogP contribution >= 0.6 is 15.9 Å². The predicted octanol–water partition coefficient (Wildman–Crippen LogP) is 7.64. The first kappa shape index (κ1) is 22.6. The molecule has 4 aromatic rings. The van der Waals surface area contributed by atoms with Crippen molar-refractivity contribution in [2.45, 2.75) is 20.5 Å². The molecular formula is C28H22BrFN2O. The van der Waals surface area contributed by atoms with E-state index in [1.54, 1.807) is 24.3 Å². The van der Waals surface area contributed by atoms with Crippen molar-refractivity contribution in [3.05, 3.63) is 117 Å². The number of aryl methyl sites for hydroxylation is 1. The van der Waals surface area contributed by atoms with Gasteiger partial charge in [0.1, 0.15) is 18.2 Å². The lowest BCUT2D eigenvalue weighted by molar-refractivity contribution is 0.306. The third kappa shape index (κ3) is 5.08. The molecule has 0 aliphatic rings. The molecule has 0 aliphatic carbocycles. The first-order chi connectivity index (χ1) is 16.0. The molecule has 0 saturated heterocycles. The Labute approximate surface area is 201 Å². The van der Waals surface area contributed by atoms with Gasteiger partial charge >= 0.3 is 0 Å². The van der Waals surface area contributed by atoms with Crippen LogP contribution in [-0.4, -0.2) is 4.57 Å². The first-order valence-corrected chi connectivity index (χ1v) is 11.3. The number of ether oxygens (including phenoxy) is 1. The predicted molar refractivity (Wildman–Crippen MR) is 134 cm³/mol. The van der Waals surface area contributed by atoms with Crippen molar-refractivity contribution < 1.29 is 9.13 Å². The molecule has 0 fully saturated rings. The Kier molecular flexibility index (Phi) is 6.76. The number of benzene rings is 3. The van der Waals surface area contributed by atoms with Crippen LogP contribution in [0.1, 0.15) is 28.1 Å². The van der Waals surface area contributed by atoms with Crippen LogP contribution in [0.15, 0.2) is 83.3 Å². The van der Waals surface area contributed by atoms with Crippen molar-refractivity contribution in [2.75, 3.05) is 0 Å². The summed E-state index contributed by atoms with van der Waals surface area (Å²) in [5.74, 6) is 0.383. The summed E-state index contributed by atoms with van der Waals surface area (Å²) < 4.78 is 23.3. The molecule has 0 saturated carbocycles. The highest BCUT2D eigenvalue weighted by Crippen LogP contribution is 2.27. The fourth-order valence-corrected chi connectivity index (χ4v) is 4.04. The van der Waals surface area contributed by atoms with Gasteiger partial charge in [-0.15, -0.1) is 0 Å². The van der Waals surface area contributed by atoms with Gasteiger partial charge < -0.3 is 9.30 Å². The molecule has 0 N–H and O–H groups in total. The smallest absolute Gasteiger partial charge is 0.131 e. The topological polar surface area (TPSA) is 38.0 Å². The molecule has 1 aromatic heterocycles. The van der Waals surface area contributed by atoms with Crippen LogP contribution < -0.4 is 4.74 Å². The quantitative estimate of drug-likeness (QED) is 0.255. The van der Waals surface area contributed by atoms with Gasteiger partial charge in [0.05, 0.1) is 11.6 Å². The van der Waals surface area contributed by atoms with E-state index in [0.717, 1.165) is 38.4 Å². The molecule has 33 heavy (non-hydrogen) atoms. The van der Waals surface area contributed by atoms with Crippen molar-refractivity contribution in [1.82, 2.24) is 4.57 Å². The van der Waals surface area contributed by atoms with Gasteiger partial charge in [-0.25, -0.2) is 4.39 Å². The zero-order valence-electron chi connectivity index (χ0n) is 18.3. The van der Waals surface area contributed by atoms with Crippen LogP contribution in [0.3, 0.4) is 0 Å². The summed E-state index contributed by atoms with van der Waals surface area (Å²) in [5.41, 5.74) is 5.56. The summed E-state index contributed by atoms with van der Waals surface area (Å²) in [4.78, 5) is 0. The molecule has 0 bridgehead atoms. The highest BCUT2D eigenvalue weighted by molar-refractivity contribution is 9.10. The minimum absolute atomic E-state index is 0.296. The van der Waals surface area contributed by atoms with Gasteiger partial charge in [-0.05, 0) is 79.6 Å². The molecule has 0 radical (unpaired) electrons. The zero-order valence-corrected chi connectivity index (χ0v) is 19.9. The van der Waals surface area contributed by atoms with Gasteiger partial charge in [0.15, 0.2) is 0 Å². The van der Waals surface area contributed by atoms with Crippen LogP contribution in [0.5, 0.6) is 5.75 Å². The SMILES string of the molecule is Cc1cc(/C=C(/C#N)c2ccccc2F)c(C)n1-c1ccc(OCc2ccc(Br)cc2)cc1. The molecule has 0 spiro atoms. The minimum atomic E-state index is -0.405. The molecule has 3 aromatic carbocycles. The molecule has 0 unspecified atom stereocenters. The zero-order chi connectivity index (χ0) is 23.4. The normalized spacial score (nSPS) is 11.3. The first-order valence-electron chi connectivity index (χ1n) is 10.5. The summed E-state index contributed by atoms with van der Waals surface area (Å²) in [6.07, 6.45) is 1.74. The number of allylic oxidation sites excluding steroid dienone is 1. The molecular weight excluding hydrogens is 479 g/mol. The van der Waals surface area contributed by atoms with Gasteiger partial charge in [0.25, 0.3) is 0 Å². The Bertz CT molecular complexity index is 1350. The van der Waals surface area contributed by atoms with E-state index in [2.05, 4.69) is 26.6 Å². The number of hydrogen-bond acceptors (Lipinski definition) is 2. The van der Waals surface area contributed by atoms with Crippen LogP contribution in [0.25, 0.3) is 17.3 Å². The van der Waals surface area contributed by atoms with E-state index in [9.17, 15) is 9.65 Å². The Balaban J connectivity index is 1.57.